The van der Waals surface area contributed by atoms with Gasteiger partial charge in [-0.25, -0.2) is 14.2 Å². The van der Waals surface area contributed by atoms with Gasteiger partial charge in [-0.1, -0.05) is 30.3 Å². The molecular weight excluding hydrogens is 427 g/mol. The predicted molar refractivity (Wildman–Crippen MR) is 125 cm³/mol. The van der Waals surface area contributed by atoms with Crippen molar-refractivity contribution in [2.75, 3.05) is 18.4 Å². The van der Waals surface area contributed by atoms with E-state index in [4.69, 9.17) is 0 Å². The number of amides is 2. The molecule has 1 saturated heterocycles. The van der Waals surface area contributed by atoms with Crippen molar-refractivity contribution in [2.45, 2.75) is 25.8 Å². The Bertz CT molecular complexity index is 1090. The van der Waals surface area contributed by atoms with Crippen LogP contribution in [0.2, 0.25) is 0 Å². The van der Waals surface area contributed by atoms with Gasteiger partial charge in [0.05, 0.1) is 9.88 Å². The normalized spacial score (nSPS) is 18.2. The largest absolute Gasteiger partial charge is 0.336 e. The number of halogens is 1. The number of carbonyl (C=O) groups is 2. The van der Waals surface area contributed by atoms with Crippen LogP contribution < -0.4 is 16.0 Å². The zero-order valence-corrected chi connectivity index (χ0v) is 18.5. The van der Waals surface area contributed by atoms with Gasteiger partial charge in [0.15, 0.2) is 5.78 Å². The number of urea groups is 1. The van der Waals surface area contributed by atoms with Gasteiger partial charge in [0.2, 0.25) is 0 Å². The third kappa shape index (κ3) is 5.38. The fourth-order valence-electron chi connectivity index (χ4n) is 3.90. The quantitative estimate of drug-likeness (QED) is 0.476. The molecule has 3 N–H and O–H groups in total. The molecule has 1 aromatic heterocycles. The molecule has 2 amide bonds. The minimum Gasteiger partial charge on any atom is -0.336 e. The van der Waals surface area contributed by atoms with Crippen LogP contribution in [0.4, 0.5) is 14.9 Å². The van der Waals surface area contributed by atoms with E-state index in [2.05, 4.69) is 20.9 Å². The topological polar surface area (TPSA) is 83.1 Å². The number of carbonyl (C=O) groups excluding carboxylic acids is 2. The van der Waals surface area contributed by atoms with Crippen molar-refractivity contribution in [1.29, 1.82) is 0 Å². The Hall–Kier alpha value is -3.10. The van der Waals surface area contributed by atoms with Gasteiger partial charge in [-0.05, 0) is 56.1 Å². The van der Waals surface area contributed by atoms with Crippen LogP contribution in [-0.2, 0) is 0 Å². The van der Waals surface area contributed by atoms with Gasteiger partial charge in [-0.3, -0.25) is 4.79 Å². The van der Waals surface area contributed by atoms with Crippen molar-refractivity contribution in [3.05, 3.63) is 71.1 Å². The third-order valence-corrected chi connectivity index (χ3v) is 6.50. The molecule has 4 rings (SSSR count). The zero-order valence-electron chi connectivity index (χ0n) is 17.7. The minimum atomic E-state index is -0.367. The second kappa shape index (κ2) is 10.0. The van der Waals surface area contributed by atoms with Crippen LogP contribution in [0, 0.1) is 18.7 Å². The molecule has 166 valence electrons. The molecule has 2 heterocycles. The molecule has 0 spiro atoms. The Balaban J connectivity index is 1.36. The maximum absolute atomic E-state index is 13.3. The SMILES string of the molecule is Cc1nc(C(=O)C2CCN[C@H](CNC(=O)Nc3ccc(F)cc3)C2)c(-c2ccccc2)s1. The first-order valence-electron chi connectivity index (χ1n) is 10.6. The number of nitrogens with zero attached hydrogens (tertiary/aromatic N) is 1. The summed E-state index contributed by atoms with van der Waals surface area (Å²) in [6.45, 7) is 3.01. The molecule has 2 atom stereocenters. The van der Waals surface area contributed by atoms with Gasteiger partial charge in [-0.2, -0.15) is 0 Å². The number of aromatic nitrogens is 1. The molecule has 0 bridgehead atoms. The Morgan fingerprint density at radius 3 is 2.66 bits per heavy atom. The molecular formula is C24H25FN4O2S. The summed E-state index contributed by atoms with van der Waals surface area (Å²) in [6.07, 6.45) is 1.36. The van der Waals surface area contributed by atoms with E-state index in [9.17, 15) is 14.0 Å². The standard InChI is InChI=1S/C24H25FN4O2S/c1-15-28-21(23(32-15)16-5-3-2-4-6-16)22(30)17-11-12-26-20(13-17)14-27-24(31)29-19-9-7-18(25)8-10-19/h2-10,17,20,26H,11-14H2,1H3,(H2,27,29,31)/t17?,20-/m0/s1. The van der Waals surface area contributed by atoms with Crippen molar-refractivity contribution < 1.29 is 14.0 Å². The van der Waals surface area contributed by atoms with Crippen LogP contribution in [0.5, 0.6) is 0 Å². The Morgan fingerprint density at radius 2 is 1.91 bits per heavy atom. The summed E-state index contributed by atoms with van der Waals surface area (Å²) in [4.78, 5) is 31.0. The van der Waals surface area contributed by atoms with E-state index in [1.807, 2.05) is 37.3 Å². The zero-order chi connectivity index (χ0) is 22.5. The average Bonchev–Trinajstić information content (AvgIpc) is 3.21. The summed E-state index contributed by atoms with van der Waals surface area (Å²) in [5, 5.41) is 9.75. The molecule has 0 saturated carbocycles. The number of Topliss-reactive ketones (excluding diaryl/α,β-unsaturated/α-hetero) is 1. The number of ketones is 1. The second-order valence-electron chi connectivity index (χ2n) is 7.86. The van der Waals surface area contributed by atoms with E-state index in [1.165, 1.54) is 24.3 Å². The lowest BCUT2D eigenvalue weighted by molar-refractivity contribution is 0.0875. The molecule has 6 nitrogen and oxygen atoms in total. The molecule has 0 aliphatic carbocycles. The van der Waals surface area contributed by atoms with Crippen LogP contribution in [0.15, 0.2) is 54.6 Å². The summed E-state index contributed by atoms with van der Waals surface area (Å²) in [6, 6.07) is 15.1. The number of anilines is 1. The monoisotopic (exact) mass is 452 g/mol. The highest BCUT2D eigenvalue weighted by molar-refractivity contribution is 7.15. The van der Waals surface area contributed by atoms with Crippen LogP contribution in [0.25, 0.3) is 10.4 Å². The van der Waals surface area contributed by atoms with E-state index in [0.717, 1.165) is 21.9 Å². The first-order valence-corrected chi connectivity index (χ1v) is 11.4. The predicted octanol–water partition coefficient (Wildman–Crippen LogP) is 4.63. The van der Waals surface area contributed by atoms with Gasteiger partial charge in [0.1, 0.15) is 11.5 Å². The van der Waals surface area contributed by atoms with Crippen molar-refractivity contribution in [3.63, 3.8) is 0 Å². The molecule has 2 aromatic carbocycles. The highest BCUT2D eigenvalue weighted by Gasteiger charge is 2.31. The second-order valence-corrected chi connectivity index (χ2v) is 9.06. The smallest absolute Gasteiger partial charge is 0.319 e. The first kappa shape index (κ1) is 22.1. The van der Waals surface area contributed by atoms with E-state index < -0.39 is 0 Å². The summed E-state index contributed by atoms with van der Waals surface area (Å²) in [5.74, 6) is -0.438. The first-order chi connectivity index (χ1) is 15.5. The minimum absolute atomic E-state index is 0.0171. The molecule has 8 heteroatoms. The lowest BCUT2D eigenvalue weighted by Gasteiger charge is -2.29. The van der Waals surface area contributed by atoms with Gasteiger partial charge in [0.25, 0.3) is 0 Å². The lowest BCUT2D eigenvalue weighted by Crippen LogP contribution is -2.47. The fourth-order valence-corrected chi connectivity index (χ4v) is 4.83. The molecule has 0 radical (unpaired) electrons. The Labute approximate surface area is 190 Å². The van der Waals surface area contributed by atoms with Crippen molar-refractivity contribution in [3.8, 4) is 10.4 Å². The molecule has 32 heavy (non-hydrogen) atoms. The van der Waals surface area contributed by atoms with E-state index in [-0.39, 0.29) is 29.6 Å². The van der Waals surface area contributed by atoms with Gasteiger partial charge < -0.3 is 16.0 Å². The fraction of sp³-hybridized carbons (Fsp3) is 0.292. The molecule has 3 aromatic rings. The van der Waals surface area contributed by atoms with Crippen molar-refractivity contribution in [1.82, 2.24) is 15.6 Å². The average molecular weight is 453 g/mol. The van der Waals surface area contributed by atoms with Gasteiger partial charge in [0, 0.05) is 24.2 Å². The lowest BCUT2D eigenvalue weighted by atomic mass is 9.87. The van der Waals surface area contributed by atoms with Crippen LogP contribution >= 0.6 is 11.3 Å². The van der Waals surface area contributed by atoms with Crippen LogP contribution in [0.1, 0.15) is 28.3 Å². The number of hydrogen-bond acceptors (Lipinski definition) is 5. The molecule has 1 aliphatic heterocycles. The number of aryl methyl sites for hydroxylation is 1. The number of nitrogens with one attached hydrogen (secondary N) is 3. The number of thiazole rings is 1. The Morgan fingerprint density at radius 1 is 1.16 bits per heavy atom. The van der Waals surface area contributed by atoms with Gasteiger partial charge >= 0.3 is 6.03 Å². The summed E-state index contributed by atoms with van der Waals surface area (Å²) in [7, 11) is 0. The molecule has 1 aliphatic rings. The van der Waals surface area contributed by atoms with Crippen molar-refractivity contribution in [2.24, 2.45) is 5.92 Å². The number of piperidine rings is 1. The summed E-state index contributed by atoms with van der Waals surface area (Å²) >= 11 is 1.54. The number of rotatable bonds is 6. The molecule has 1 fully saturated rings. The molecule has 1 unspecified atom stereocenters. The van der Waals surface area contributed by atoms with Crippen molar-refractivity contribution >= 4 is 28.8 Å². The highest BCUT2D eigenvalue weighted by Crippen LogP contribution is 2.33. The van der Waals surface area contributed by atoms with Crippen LogP contribution in [0.3, 0.4) is 0 Å². The van der Waals surface area contributed by atoms with E-state index in [1.54, 1.807) is 11.3 Å². The number of hydrogen-bond donors (Lipinski definition) is 3. The maximum Gasteiger partial charge on any atom is 0.319 e. The van der Waals surface area contributed by atoms with E-state index >= 15 is 0 Å². The highest BCUT2D eigenvalue weighted by atomic mass is 32.1. The van der Waals surface area contributed by atoms with Gasteiger partial charge in [-0.15, -0.1) is 11.3 Å². The summed E-state index contributed by atoms with van der Waals surface area (Å²) in [5.41, 5.74) is 2.07. The number of benzene rings is 2. The Kier molecular flexibility index (Phi) is 6.92. The third-order valence-electron chi connectivity index (χ3n) is 5.48. The summed E-state index contributed by atoms with van der Waals surface area (Å²) < 4.78 is 13.0. The maximum atomic E-state index is 13.3. The van der Waals surface area contributed by atoms with E-state index in [0.29, 0.717) is 30.9 Å². The van der Waals surface area contributed by atoms with Crippen LogP contribution in [-0.4, -0.2) is 35.9 Å².